The van der Waals surface area contributed by atoms with Crippen molar-refractivity contribution in [3.05, 3.63) is 86.8 Å². The lowest BCUT2D eigenvalue weighted by molar-refractivity contribution is 0.102. The summed E-state index contributed by atoms with van der Waals surface area (Å²) >= 11 is 9.63. The molecule has 0 bridgehead atoms. The van der Waals surface area contributed by atoms with Gasteiger partial charge in [0.15, 0.2) is 11.5 Å². The van der Waals surface area contributed by atoms with Crippen LogP contribution in [0, 0.1) is 0 Å². The van der Waals surface area contributed by atoms with Crippen LogP contribution < -0.4 is 14.8 Å². The van der Waals surface area contributed by atoms with E-state index in [1.165, 1.54) is 14.2 Å². The maximum Gasteiger partial charge on any atom is 0.255 e. The van der Waals surface area contributed by atoms with E-state index in [4.69, 9.17) is 21.1 Å². The Morgan fingerprint density at radius 1 is 1.00 bits per heavy atom. The monoisotopic (exact) mass is 475 g/mol. The van der Waals surface area contributed by atoms with Gasteiger partial charge in [0, 0.05) is 32.3 Å². The van der Waals surface area contributed by atoms with Crippen LogP contribution in [-0.4, -0.2) is 25.2 Å². The van der Waals surface area contributed by atoms with Crippen molar-refractivity contribution in [1.82, 2.24) is 0 Å². The van der Waals surface area contributed by atoms with Crippen LogP contribution in [0.1, 0.15) is 27.6 Å². The van der Waals surface area contributed by atoms with Crippen LogP contribution in [0.15, 0.2) is 65.1 Å². The standard InChI is InChI=1S/C22H19BrClNO4/c1-28-19-11-16(21(26)15-8-3-4-9-17(15)24)18(12-20(19)29-2)25-22(27)13-6-5-7-14(23)10-13/h3-12,21,26H,1-2H3,(H,25,27)/t21-/m0/s1. The highest BCUT2D eigenvalue weighted by Crippen LogP contribution is 2.39. The number of benzene rings is 3. The van der Waals surface area contributed by atoms with Crippen LogP contribution in [-0.2, 0) is 0 Å². The Labute approximate surface area is 182 Å². The van der Waals surface area contributed by atoms with Crippen molar-refractivity contribution in [2.24, 2.45) is 0 Å². The molecular weight excluding hydrogens is 458 g/mol. The summed E-state index contributed by atoms with van der Waals surface area (Å²) in [5.74, 6) is 0.521. The zero-order valence-corrected chi connectivity index (χ0v) is 18.1. The average molecular weight is 477 g/mol. The molecule has 29 heavy (non-hydrogen) atoms. The molecule has 150 valence electrons. The molecular formula is C22H19BrClNO4. The fourth-order valence-electron chi connectivity index (χ4n) is 2.92. The molecule has 2 N–H and O–H groups in total. The first-order valence-electron chi connectivity index (χ1n) is 8.70. The summed E-state index contributed by atoms with van der Waals surface area (Å²) in [6.45, 7) is 0. The van der Waals surface area contributed by atoms with E-state index in [-0.39, 0.29) is 5.91 Å². The zero-order chi connectivity index (χ0) is 21.0. The quantitative estimate of drug-likeness (QED) is 0.496. The lowest BCUT2D eigenvalue weighted by Gasteiger charge is -2.20. The molecule has 1 atom stereocenters. The first-order chi connectivity index (χ1) is 13.9. The third-order valence-electron chi connectivity index (χ3n) is 4.39. The van der Waals surface area contributed by atoms with Crippen LogP contribution in [0.5, 0.6) is 11.5 Å². The minimum atomic E-state index is -1.08. The van der Waals surface area contributed by atoms with E-state index in [9.17, 15) is 9.90 Å². The minimum Gasteiger partial charge on any atom is -0.493 e. The van der Waals surface area contributed by atoms with Crippen molar-refractivity contribution in [1.29, 1.82) is 0 Å². The molecule has 3 aromatic carbocycles. The van der Waals surface area contributed by atoms with Crippen molar-refractivity contribution in [3.8, 4) is 11.5 Å². The molecule has 0 radical (unpaired) electrons. The number of ether oxygens (including phenoxy) is 2. The van der Waals surface area contributed by atoms with E-state index in [1.807, 2.05) is 6.07 Å². The summed E-state index contributed by atoms with van der Waals surface area (Å²) in [5.41, 5.74) is 1.80. The molecule has 0 aromatic heterocycles. The third-order valence-corrected chi connectivity index (χ3v) is 5.22. The van der Waals surface area contributed by atoms with Gasteiger partial charge in [0.25, 0.3) is 5.91 Å². The zero-order valence-electron chi connectivity index (χ0n) is 15.8. The number of carbonyl (C=O) groups is 1. The highest BCUT2D eigenvalue weighted by Gasteiger charge is 2.22. The van der Waals surface area contributed by atoms with Gasteiger partial charge in [-0.1, -0.05) is 51.8 Å². The van der Waals surface area contributed by atoms with E-state index in [1.54, 1.807) is 54.6 Å². The molecule has 1 amide bonds. The van der Waals surface area contributed by atoms with Crippen LogP contribution in [0.4, 0.5) is 5.69 Å². The van der Waals surface area contributed by atoms with Gasteiger partial charge in [-0.25, -0.2) is 0 Å². The lowest BCUT2D eigenvalue weighted by Crippen LogP contribution is -2.15. The third kappa shape index (κ3) is 4.72. The second-order valence-corrected chi connectivity index (χ2v) is 7.51. The lowest BCUT2D eigenvalue weighted by atomic mass is 9.98. The smallest absolute Gasteiger partial charge is 0.255 e. The van der Waals surface area contributed by atoms with Gasteiger partial charge in [0.05, 0.1) is 19.9 Å². The number of carbonyl (C=O) groups excluding carboxylic acids is 1. The Morgan fingerprint density at radius 2 is 1.69 bits per heavy atom. The molecule has 5 nitrogen and oxygen atoms in total. The van der Waals surface area contributed by atoms with E-state index in [0.29, 0.717) is 38.9 Å². The van der Waals surface area contributed by atoms with E-state index in [0.717, 1.165) is 4.47 Å². The number of methoxy groups -OCH3 is 2. The summed E-state index contributed by atoms with van der Waals surface area (Å²) in [5, 5.41) is 14.3. The predicted molar refractivity (Wildman–Crippen MR) is 117 cm³/mol. The summed E-state index contributed by atoms with van der Waals surface area (Å²) in [6.07, 6.45) is -1.08. The van der Waals surface area contributed by atoms with Gasteiger partial charge >= 0.3 is 0 Å². The minimum absolute atomic E-state index is 0.328. The van der Waals surface area contributed by atoms with Crippen molar-refractivity contribution >= 4 is 39.1 Å². The summed E-state index contributed by atoms with van der Waals surface area (Å²) < 4.78 is 11.5. The van der Waals surface area contributed by atoms with Gasteiger partial charge in [0.1, 0.15) is 6.10 Å². The molecule has 3 aromatic rings. The maximum atomic E-state index is 12.8. The van der Waals surface area contributed by atoms with Crippen LogP contribution in [0.3, 0.4) is 0 Å². The van der Waals surface area contributed by atoms with Gasteiger partial charge in [-0.15, -0.1) is 0 Å². The first-order valence-corrected chi connectivity index (χ1v) is 9.87. The number of halogens is 2. The van der Waals surface area contributed by atoms with Gasteiger partial charge in [0.2, 0.25) is 0 Å². The topological polar surface area (TPSA) is 67.8 Å². The van der Waals surface area contributed by atoms with Crippen molar-refractivity contribution < 1.29 is 19.4 Å². The van der Waals surface area contributed by atoms with Crippen LogP contribution in [0.25, 0.3) is 0 Å². The number of aliphatic hydroxyl groups excluding tert-OH is 1. The first kappa shape index (κ1) is 21.2. The van der Waals surface area contributed by atoms with Crippen molar-refractivity contribution in [3.63, 3.8) is 0 Å². The average Bonchev–Trinajstić information content (AvgIpc) is 2.73. The number of hydrogen-bond acceptors (Lipinski definition) is 4. The molecule has 0 heterocycles. The Kier molecular flexibility index (Phi) is 6.79. The maximum absolute atomic E-state index is 12.8. The fraction of sp³-hybridized carbons (Fsp3) is 0.136. The van der Waals surface area contributed by atoms with Crippen LogP contribution >= 0.6 is 27.5 Å². The highest BCUT2D eigenvalue weighted by molar-refractivity contribution is 9.10. The van der Waals surface area contributed by atoms with Gasteiger partial charge in [-0.3, -0.25) is 4.79 Å². The molecule has 0 aliphatic carbocycles. The SMILES string of the molecule is COc1cc(NC(=O)c2cccc(Br)c2)c([C@@H](O)c2ccccc2Cl)cc1OC. The molecule has 3 rings (SSSR count). The number of aliphatic hydroxyl groups is 1. The Balaban J connectivity index is 2.07. The molecule has 0 unspecified atom stereocenters. The fourth-order valence-corrected chi connectivity index (χ4v) is 3.56. The van der Waals surface area contributed by atoms with Crippen molar-refractivity contribution in [2.75, 3.05) is 19.5 Å². The number of rotatable bonds is 6. The van der Waals surface area contributed by atoms with Gasteiger partial charge < -0.3 is 19.9 Å². The van der Waals surface area contributed by atoms with E-state index in [2.05, 4.69) is 21.2 Å². The molecule has 0 aliphatic rings. The molecule has 0 fully saturated rings. The molecule has 0 saturated carbocycles. The Morgan fingerprint density at radius 3 is 2.34 bits per heavy atom. The predicted octanol–water partition coefficient (Wildman–Crippen LogP) is 5.45. The van der Waals surface area contributed by atoms with E-state index >= 15 is 0 Å². The highest BCUT2D eigenvalue weighted by atomic mass is 79.9. The number of nitrogens with one attached hydrogen (secondary N) is 1. The summed E-state index contributed by atoms with van der Waals surface area (Å²) in [6, 6.07) is 17.2. The second-order valence-electron chi connectivity index (χ2n) is 6.18. The van der Waals surface area contributed by atoms with Gasteiger partial charge in [-0.2, -0.15) is 0 Å². The number of amides is 1. The Hall–Kier alpha value is -2.54. The molecule has 0 aliphatic heterocycles. The largest absolute Gasteiger partial charge is 0.493 e. The van der Waals surface area contributed by atoms with Gasteiger partial charge in [-0.05, 0) is 30.3 Å². The second kappa shape index (κ2) is 9.31. The molecule has 0 spiro atoms. The summed E-state index contributed by atoms with van der Waals surface area (Å²) in [4.78, 5) is 12.8. The van der Waals surface area contributed by atoms with Crippen molar-refractivity contribution in [2.45, 2.75) is 6.10 Å². The number of anilines is 1. The Bertz CT molecular complexity index is 1040. The van der Waals surface area contributed by atoms with E-state index < -0.39 is 6.10 Å². The number of hydrogen-bond donors (Lipinski definition) is 2. The molecule has 0 saturated heterocycles. The normalized spacial score (nSPS) is 11.6. The van der Waals surface area contributed by atoms with Crippen LogP contribution in [0.2, 0.25) is 5.02 Å². The molecule has 7 heteroatoms. The summed E-state index contributed by atoms with van der Waals surface area (Å²) in [7, 11) is 3.01.